The summed E-state index contributed by atoms with van der Waals surface area (Å²) >= 11 is 0. The van der Waals surface area contributed by atoms with Crippen LogP contribution in [0, 0.1) is 5.41 Å². The van der Waals surface area contributed by atoms with Crippen molar-refractivity contribution in [2.75, 3.05) is 33.0 Å². The van der Waals surface area contributed by atoms with Crippen molar-refractivity contribution in [1.82, 2.24) is 0 Å². The highest BCUT2D eigenvalue weighted by molar-refractivity contribution is 4.95. The van der Waals surface area contributed by atoms with E-state index in [1.54, 1.807) is 0 Å². The molecule has 3 aliphatic rings. The maximum atomic E-state index is 11.2. The lowest BCUT2D eigenvalue weighted by molar-refractivity contribution is -0.361. The van der Waals surface area contributed by atoms with Crippen molar-refractivity contribution < 1.29 is 84.6 Å². The normalized spacial score (nSPS) is 37.8. The number of hydrogen-bond donors (Lipinski definition) is 11. The summed E-state index contributed by atoms with van der Waals surface area (Å²) in [5.74, 6) is 0. The minimum atomic E-state index is -1.80. The monoisotopic (exact) mass is 786 g/mol. The largest absolute Gasteiger partial charge is 0.394 e. The summed E-state index contributed by atoms with van der Waals surface area (Å²) in [5.41, 5.74) is -0.749. The number of rotatable bonds is 25. The second-order valence-corrected chi connectivity index (χ2v) is 15.4. The number of unbranched alkanes of at least 4 members (excludes halogenated alkanes) is 10. The summed E-state index contributed by atoms with van der Waals surface area (Å²) in [5, 5.41) is 114. The van der Waals surface area contributed by atoms with E-state index in [-0.39, 0.29) is 13.2 Å². The predicted molar refractivity (Wildman–Crippen MR) is 190 cm³/mol. The number of hydrogen-bond acceptors (Lipinski definition) is 17. The van der Waals surface area contributed by atoms with Gasteiger partial charge >= 0.3 is 0 Å². The second-order valence-electron chi connectivity index (χ2n) is 15.4. The number of ether oxygens (including phenoxy) is 6. The van der Waals surface area contributed by atoms with Gasteiger partial charge in [-0.1, -0.05) is 90.9 Å². The molecule has 0 bridgehead atoms. The Morgan fingerprint density at radius 3 is 1.24 bits per heavy atom. The van der Waals surface area contributed by atoms with Crippen molar-refractivity contribution in [2.45, 2.75) is 196 Å². The SMILES string of the molecule is CCCCCCCCC(CCCCCCCC)(CO[C@@H]1O[C@H](CO)[C@@H](O)[C@H](O)[C@H]1O)CO[C@@H]1O[C@H](CO)[C@@H](O[C@H]2O[C@H](CO)[C@@H](O)[C@H](O)[C@H]2O)[C@H](O)[C@H]1O. The molecule has 3 aliphatic heterocycles. The molecule has 54 heavy (non-hydrogen) atoms. The lowest BCUT2D eigenvalue weighted by atomic mass is 9.79. The molecule has 320 valence electrons. The van der Waals surface area contributed by atoms with Gasteiger partial charge in [0.1, 0.15) is 73.2 Å². The first-order chi connectivity index (χ1) is 25.9. The highest BCUT2D eigenvalue weighted by atomic mass is 16.7. The van der Waals surface area contributed by atoms with Crippen molar-refractivity contribution in [3.63, 3.8) is 0 Å². The molecule has 3 fully saturated rings. The zero-order valence-electron chi connectivity index (χ0n) is 32.0. The van der Waals surface area contributed by atoms with E-state index in [2.05, 4.69) is 13.8 Å². The lowest BCUT2D eigenvalue weighted by Gasteiger charge is -2.46. The van der Waals surface area contributed by atoms with Crippen molar-refractivity contribution in [1.29, 1.82) is 0 Å². The summed E-state index contributed by atoms with van der Waals surface area (Å²) in [6.07, 6.45) is -9.84. The van der Waals surface area contributed by atoms with Crippen LogP contribution in [0.3, 0.4) is 0 Å². The Hall–Kier alpha value is -0.680. The van der Waals surface area contributed by atoms with Crippen LogP contribution >= 0.6 is 0 Å². The Balaban J connectivity index is 1.80. The van der Waals surface area contributed by atoms with Crippen molar-refractivity contribution in [3.05, 3.63) is 0 Å². The third-order valence-electron chi connectivity index (χ3n) is 11.0. The molecule has 11 N–H and O–H groups in total. The summed E-state index contributed by atoms with van der Waals surface area (Å²) < 4.78 is 35.0. The fraction of sp³-hybridized carbons (Fsp3) is 1.00. The van der Waals surface area contributed by atoms with E-state index in [1.165, 1.54) is 0 Å². The Kier molecular flexibility index (Phi) is 21.5. The Morgan fingerprint density at radius 1 is 0.426 bits per heavy atom. The molecule has 0 aliphatic carbocycles. The molecule has 17 nitrogen and oxygen atoms in total. The summed E-state index contributed by atoms with van der Waals surface area (Å²) in [7, 11) is 0. The molecule has 0 aromatic carbocycles. The first-order valence-electron chi connectivity index (χ1n) is 20.0. The molecule has 3 saturated heterocycles. The minimum Gasteiger partial charge on any atom is -0.394 e. The molecule has 0 spiro atoms. The predicted octanol–water partition coefficient (Wildman–Crippen LogP) is -1.07. The molecular formula is C37H70O17. The van der Waals surface area contributed by atoms with E-state index in [9.17, 15) is 56.2 Å². The van der Waals surface area contributed by atoms with Crippen LogP contribution in [0.5, 0.6) is 0 Å². The van der Waals surface area contributed by atoms with Gasteiger partial charge in [-0.25, -0.2) is 0 Å². The molecule has 3 rings (SSSR count). The fourth-order valence-corrected chi connectivity index (χ4v) is 7.43. The second kappa shape index (κ2) is 24.3. The third-order valence-corrected chi connectivity index (χ3v) is 11.0. The average molecular weight is 787 g/mol. The van der Waals surface area contributed by atoms with Crippen molar-refractivity contribution >= 4 is 0 Å². The zero-order chi connectivity index (χ0) is 39.8. The van der Waals surface area contributed by atoms with Crippen LogP contribution < -0.4 is 0 Å². The number of aliphatic hydroxyl groups excluding tert-OH is 11. The van der Waals surface area contributed by atoms with Gasteiger partial charge in [-0.3, -0.25) is 0 Å². The van der Waals surface area contributed by atoms with Gasteiger partial charge in [0.25, 0.3) is 0 Å². The standard InChI is InChI=1S/C37H70O17/c1-3-5-7-9-11-13-15-37(16-14-12-10-8-6-4-2,20-49-34-30(46)27(43)25(41)22(17-38)51-34)21-50-35-32(48)29(45)33(24(19-40)53-35)54-36-31(47)28(44)26(42)23(18-39)52-36/h22-36,38-48H,3-21H2,1-2H3/t22-,23-,24-,25-,26-,27+,28+,29-,30-,31-,32-,33-,34-,35-,36-/m1/s1. The van der Waals surface area contributed by atoms with Gasteiger partial charge in [0.05, 0.1) is 33.0 Å². The highest BCUT2D eigenvalue weighted by Gasteiger charge is 2.51. The Labute approximate surface area is 318 Å². The van der Waals surface area contributed by atoms with Gasteiger partial charge in [-0.05, 0) is 12.8 Å². The smallest absolute Gasteiger partial charge is 0.187 e. The van der Waals surface area contributed by atoms with Crippen LogP contribution in [0.1, 0.15) is 104 Å². The van der Waals surface area contributed by atoms with Crippen LogP contribution in [0.4, 0.5) is 0 Å². The van der Waals surface area contributed by atoms with Gasteiger partial charge in [0, 0.05) is 5.41 Å². The van der Waals surface area contributed by atoms with E-state index in [4.69, 9.17) is 28.4 Å². The van der Waals surface area contributed by atoms with Crippen LogP contribution in [0.25, 0.3) is 0 Å². The van der Waals surface area contributed by atoms with Crippen molar-refractivity contribution in [3.8, 4) is 0 Å². The molecular weight excluding hydrogens is 716 g/mol. The first kappa shape index (κ1) is 47.7. The van der Waals surface area contributed by atoms with Gasteiger partial charge in [0.2, 0.25) is 0 Å². The Bertz CT molecular complexity index is 974. The van der Waals surface area contributed by atoms with E-state index in [0.717, 1.165) is 77.0 Å². The van der Waals surface area contributed by atoms with Gasteiger partial charge in [-0.2, -0.15) is 0 Å². The van der Waals surface area contributed by atoms with Crippen LogP contribution in [-0.2, 0) is 28.4 Å². The van der Waals surface area contributed by atoms with E-state index in [0.29, 0.717) is 12.8 Å². The van der Waals surface area contributed by atoms with Crippen LogP contribution in [0.15, 0.2) is 0 Å². The topological polar surface area (TPSA) is 278 Å². The maximum Gasteiger partial charge on any atom is 0.187 e. The average Bonchev–Trinajstić information content (AvgIpc) is 3.17. The van der Waals surface area contributed by atoms with Crippen LogP contribution in [-0.4, -0.2) is 181 Å². The minimum absolute atomic E-state index is 0.0305. The first-order valence-corrected chi connectivity index (χ1v) is 20.0. The van der Waals surface area contributed by atoms with Crippen LogP contribution in [0.2, 0.25) is 0 Å². The van der Waals surface area contributed by atoms with Gasteiger partial charge in [-0.15, -0.1) is 0 Å². The molecule has 17 heteroatoms. The fourth-order valence-electron chi connectivity index (χ4n) is 7.43. The molecule has 3 heterocycles. The van der Waals surface area contributed by atoms with Crippen molar-refractivity contribution in [2.24, 2.45) is 5.41 Å². The molecule has 15 atom stereocenters. The number of aliphatic hydroxyl groups is 11. The molecule has 0 unspecified atom stereocenters. The quantitative estimate of drug-likeness (QED) is 0.0492. The molecule has 0 radical (unpaired) electrons. The summed E-state index contributed by atoms with van der Waals surface area (Å²) in [4.78, 5) is 0. The highest BCUT2D eigenvalue weighted by Crippen LogP contribution is 2.37. The van der Waals surface area contributed by atoms with Gasteiger partial charge < -0.3 is 84.6 Å². The third kappa shape index (κ3) is 13.2. The summed E-state index contributed by atoms with van der Waals surface area (Å²) in [6, 6.07) is 0. The van der Waals surface area contributed by atoms with E-state index < -0.39 is 117 Å². The van der Waals surface area contributed by atoms with E-state index in [1.807, 2.05) is 0 Å². The summed E-state index contributed by atoms with van der Waals surface area (Å²) in [6.45, 7) is 2.16. The Morgan fingerprint density at radius 2 is 0.796 bits per heavy atom. The molecule has 0 amide bonds. The lowest BCUT2D eigenvalue weighted by Crippen LogP contribution is -2.64. The zero-order valence-corrected chi connectivity index (χ0v) is 32.0. The molecule has 0 aromatic rings. The molecule has 0 saturated carbocycles. The van der Waals surface area contributed by atoms with Gasteiger partial charge in [0.15, 0.2) is 18.9 Å². The maximum absolute atomic E-state index is 11.2. The van der Waals surface area contributed by atoms with E-state index >= 15 is 0 Å². The molecule has 0 aromatic heterocycles.